The molecule has 11 heteroatoms. The Morgan fingerprint density at radius 2 is 1.82 bits per heavy atom. The Bertz CT molecular complexity index is 1740. The van der Waals surface area contributed by atoms with Crippen LogP contribution < -0.4 is 16.2 Å². The number of pyridine rings is 1. The number of hydrogen-bond acceptors (Lipinski definition) is 5. The molecule has 4 rings (SSSR count). The molecule has 1 unspecified atom stereocenters. The number of nitrogens with zero attached hydrogens (tertiary/aromatic N) is 3. The predicted molar refractivity (Wildman–Crippen MR) is 174 cm³/mol. The largest absolute Gasteiger partial charge is 0.465 e. The minimum atomic E-state index is -1.64. The van der Waals surface area contributed by atoms with Gasteiger partial charge >= 0.3 is 6.09 Å². The molecule has 11 nitrogen and oxygen atoms in total. The molecule has 0 radical (unpaired) electrons. The van der Waals surface area contributed by atoms with Crippen LogP contribution in [0.4, 0.5) is 10.5 Å². The second-order valence-electron chi connectivity index (χ2n) is 11.8. The van der Waals surface area contributed by atoms with Gasteiger partial charge in [-0.1, -0.05) is 62.4 Å². The fraction of sp³-hybridized carbons (Fsp3) is 0.324. The number of rotatable bonds is 13. The van der Waals surface area contributed by atoms with E-state index >= 15 is 0 Å². The summed E-state index contributed by atoms with van der Waals surface area (Å²) in [5.74, 6) is 0.138. The van der Waals surface area contributed by atoms with Crippen LogP contribution in [0.25, 0.3) is 11.0 Å². The second kappa shape index (κ2) is 14.5. The summed E-state index contributed by atoms with van der Waals surface area (Å²) < 4.78 is 1.44. The molecule has 0 aliphatic rings. The van der Waals surface area contributed by atoms with Crippen LogP contribution in [0.15, 0.2) is 83.8 Å². The summed E-state index contributed by atoms with van der Waals surface area (Å²) in [6.45, 7) is 4.44. The number of para-hydroxylation sites is 1. The summed E-state index contributed by atoms with van der Waals surface area (Å²) in [6.07, 6.45) is 4.38. The molecule has 0 spiro atoms. The van der Waals surface area contributed by atoms with Gasteiger partial charge in [0.15, 0.2) is 0 Å². The third-order valence-corrected chi connectivity index (χ3v) is 7.43. The topological polar surface area (TPSA) is 149 Å². The fourth-order valence-electron chi connectivity index (χ4n) is 5.24. The van der Waals surface area contributed by atoms with Gasteiger partial charge < -0.3 is 30.2 Å². The Kier molecular flexibility index (Phi) is 10.6. The smallest absolute Gasteiger partial charge is 0.405 e. The molecule has 0 saturated carbocycles. The highest BCUT2D eigenvalue weighted by Crippen LogP contribution is 2.23. The number of carboxylic acid groups (broad SMARTS) is 1. The summed E-state index contributed by atoms with van der Waals surface area (Å²) in [7, 11) is 3.24. The van der Waals surface area contributed by atoms with Gasteiger partial charge in [-0.3, -0.25) is 14.4 Å². The number of carbonyl (C=O) groups is 3. The van der Waals surface area contributed by atoms with E-state index in [1.165, 1.54) is 21.6 Å². The quantitative estimate of drug-likeness (QED) is 0.162. The zero-order valence-corrected chi connectivity index (χ0v) is 26.0. The number of aromatic amines is 1. The molecule has 0 bridgehead atoms. The van der Waals surface area contributed by atoms with Crippen molar-refractivity contribution in [2.75, 3.05) is 19.4 Å². The highest BCUT2D eigenvalue weighted by atomic mass is 16.4. The standard InChI is InChI=1S/C34H40N6O5/c1-23(2)20-25-14-10-15-26-30(25)37-28(35-26)22-40-19-11-16-27(31(40)42)36-32(43)34(38-33(44)45,21-24-12-6-5-7-13-24)18-9-8-17-29(41)39(3)4/h5-8,10-17,19,23,38H,9,18,20-22H2,1-4H3,(H,35,37)(H,36,43)(H,44,45). The minimum Gasteiger partial charge on any atom is -0.465 e. The molecule has 0 saturated heterocycles. The van der Waals surface area contributed by atoms with Crippen molar-refractivity contribution in [3.05, 3.63) is 106 Å². The van der Waals surface area contributed by atoms with E-state index in [2.05, 4.69) is 35.5 Å². The number of carbonyl (C=O) groups excluding carboxylic acids is 2. The van der Waals surface area contributed by atoms with Gasteiger partial charge in [-0.05, 0) is 60.6 Å². The summed E-state index contributed by atoms with van der Waals surface area (Å²) in [6, 6.07) is 18.1. The van der Waals surface area contributed by atoms with Crippen molar-refractivity contribution in [3.63, 3.8) is 0 Å². The molecular weight excluding hydrogens is 572 g/mol. The van der Waals surface area contributed by atoms with Gasteiger partial charge in [0.05, 0.1) is 17.6 Å². The minimum absolute atomic E-state index is 0.00191. The Balaban J connectivity index is 1.62. The number of anilines is 1. The van der Waals surface area contributed by atoms with Crippen LogP contribution in [-0.2, 0) is 29.0 Å². The summed E-state index contributed by atoms with van der Waals surface area (Å²) in [5, 5.41) is 14.9. The molecule has 2 heterocycles. The van der Waals surface area contributed by atoms with Crippen LogP contribution in [0.2, 0.25) is 0 Å². The number of imidazole rings is 1. The third kappa shape index (κ3) is 8.47. The van der Waals surface area contributed by atoms with Crippen LogP contribution in [0, 0.1) is 5.92 Å². The van der Waals surface area contributed by atoms with Gasteiger partial charge in [0, 0.05) is 26.7 Å². The maximum absolute atomic E-state index is 14.0. The fourth-order valence-corrected chi connectivity index (χ4v) is 5.24. The first-order valence-corrected chi connectivity index (χ1v) is 14.9. The van der Waals surface area contributed by atoms with Gasteiger partial charge in [0.1, 0.15) is 17.1 Å². The number of allylic oxidation sites excluding steroid dienone is 1. The molecule has 0 fully saturated rings. The molecule has 45 heavy (non-hydrogen) atoms. The van der Waals surface area contributed by atoms with Crippen molar-refractivity contribution in [3.8, 4) is 0 Å². The summed E-state index contributed by atoms with van der Waals surface area (Å²) >= 11 is 0. The summed E-state index contributed by atoms with van der Waals surface area (Å²) in [5.41, 5.74) is 1.49. The number of fused-ring (bicyclic) bond motifs is 1. The first kappa shape index (κ1) is 32.7. The molecule has 4 aromatic rings. The lowest BCUT2D eigenvalue weighted by molar-refractivity contribution is -0.123. The number of H-pyrrole nitrogens is 1. The van der Waals surface area contributed by atoms with Crippen LogP contribution in [0.3, 0.4) is 0 Å². The number of amides is 3. The van der Waals surface area contributed by atoms with Crippen LogP contribution in [0.5, 0.6) is 0 Å². The van der Waals surface area contributed by atoms with Gasteiger partial charge in [-0.25, -0.2) is 9.78 Å². The molecule has 3 amide bonds. The van der Waals surface area contributed by atoms with E-state index in [1.807, 2.05) is 18.2 Å². The number of aromatic nitrogens is 3. The Hall–Kier alpha value is -5.19. The van der Waals surface area contributed by atoms with Gasteiger partial charge in [0.25, 0.3) is 11.5 Å². The van der Waals surface area contributed by atoms with Crippen molar-refractivity contribution in [2.45, 2.75) is 51.6 Å². The number of benzene rings is 2. The van der Waals surface area contributed by atoms with E-state index in [0.29, 0.717) is 11.7 Å². The van der Waals surface area contributed by atoms with E-state index in [1.54, 1.807) is 56.7 Å². The summed E-state index contributed by atoms with van der Waals surface area (Å²) in [4.78, 5) is 61.1. The Morgan fingerprint density at radius 1 is 1.07 bits per heavy atom. The average molecular weight is 613 g/mol. The lowest BCUT2D eigenvalue weighted by Crippen LogP contribution is -2.58. The Labute approximate surface area is 262 Å². The zero-order chi connectivity index (χ0) is 32.6. The second-order valence-corrected chi connectivity index (χ2v) is 11.8. The molecule has 2 aromatic heterocycles. The lowest BCUT2D eigenvalue weighted by Gasteiger charge is -2.32. The molecule has 4 N–H and O–H groups in total. The van der Waals surface area contributed by atoms with E-state index in [0.717, 1.165) is 28.6 Å². The first-order chi connectivity index (χ1) is 21.5. The van der Waals surface area contributed by atoms with Gasteiger partial charge in [0.2, 0.25) is 5.91 Å². The van der Waals surface area contributed by atoms with Crippen molar-refractivity contribution < 1.29 is 19.5 Å². The van der Waals surface area contributed by atoms with E-state index in [-0.39, 0.29) is 37.4 Å². The third-order valence-electron chi connectivity index (χ3n) is 7.43. The maximum atomic E-state index is 14.0. The van der Waals surface area contributed by atoms with Crippen molar-refractivity contribution in [1.29, 1.82) is 0 Å². The average Bonchev–Trinajstić information content (AvgIpc) is 3.40. The highest BCUT2D eigenvalue weighted by molar-refractivity contribution is 6.00. The first-order valence-electron chi connectivity index (χ1n) is 14.9. The lowest BCUT2D eigenvalue weighted by atomic mass is 9.85. The molecule has 0 aliphatic heterocycles. The SMILES string of the molecule is CC(C)Cc1cccc2[nH]c(Cn3cccc(NC(=O)C(CCC=CC(=O)N(C)C)(Cc4ccccc4)NC(=O)O)c3=O)nc12. The van der Waals surface area contributed by atoms with Crippen molar-refractivity contribution in [2.24, 2.45) is 5.92 Å². The van der Waals surface area contributed by atoms with Gasteiger partial charge in [-0.15, -0.1) is 0 Å². The predicted octanol–water partition coefficient (Wildman–Crippen LogP) is 4.58. The number of likely N-dealkylation sites (N-methyl/N-ethyl adjacent to an activating group) is 1. The van der Waals surface area contributed by atoms with E-state index in [9.17, 15) is 24.3 Å². The molecule has 236 valence electrons. The number of nitrogens with one attached hydrogen (secondary N) is 3. The normalized spacial score (nSPS) is 12.7. The van der Waals surface area contributed by atoms with Crippen molar-refractivity contribution in [1.82, 2.24) is 24.8 Å². The van der Waals surface area contributed by atoms with E-state index in [4.69, 9.17) is 4.98 Å². The Morgan fingerprint density at radius 3 is 2.51 bits per heavy atom. The van der Waals surface area contributed by atoms with Crippen LogP contribution in [0.1, 0.15) is 43.6 Å². The van der Waals surface area contributed by atoms with Gasteiger partial charge in [-0.2, -0.15) is 0 Å². The molecular formula is C34H40N6O5. The monoisotopic (exact) mass is 612 g/mol. The molecule has 0 aliphatic carbocycles. The molecule has 2 aromatic carbocycles. The zero-order valence-electron chi connectivity index (χ0n) is 26.0. The molecule has 1 atom stereocenters. The number of hydrogen-bond donors (Lipinski definition) is 4. The van der Waals surface area contributed by atoms with Crippen LogP contribution in [-0.4, -0.2) is 62.1 Å². The van der Waals surface area contributed by atoms with Crippen molar-refractivity contribution >= 4 is 34.6 Å². The maximum Gasteiger partial charge on any atom is 0.405 e. The highest BCUT2D eigenvalue weighted by Gasteiger charge is 2.40. The van der Waals surface area contributed by atoms with Crippen LogP contribution >= 0.6 is 0 Å². The van der Waals surface area contributed by atoms with E-state index < -0.39 is 23.1 Å².